The summed E-state index contributed by atoms with van der Waals surface area (Å²) in [6, 6.07) is 0. The molecule has 0 unspecified atom stereocenters. The lowest BCUT2D eigenvalue weighted by Gasteiger charge is -2.34. The van der Waals surface area contributed by atoms with E-state index >= 15 is 0 Å². The van der Waals surface area contributed by atoms with Crippen LogP contribution in [0.25, 0.3) is 0 Å². The predicted molar refractivity (Wildman–Crippen MR) is 126 cm³/mol. The lowest BCUT2D eigenvalue weighted by molar-refractivity contribution is -0.118. The zero-order valence-corrected chi connectivity index (χ0v) is 20.7. The third-order valence-corrected chi connectivity index (χ3v) is 5.60. The molecule has 0 saturated heterocycles. The first kappa shape index (κ1) is 32.3. The number of aliphatic hydroxyl groups excluding tert-OH is 6. The Morgan fingerprint density at radius 1 is 0.833 bits per heavy atom. The number of aryl methyl sites for hydroxylation is 1. The van der Waals surface area contributed by atoms with Gasteiger partial charge < -0.3 is 50.6 Å². The van der Waals surface area contributed by atoms with Gasteiger partial charge >= 0.3 is 0 Å². The number of amides is 1. The van der Waals surface area contributed by atoms with E-state index in [1.54, 1.807) is 6.20 Å². The number of nitrogens with two attached hydrogens (primary N) is 1. The van der Waals surface area contributed by atoms with E-state index in [1.165, 1.54) is 4.68 Å². The topological polar surface area (TPSA) is 223 Å². The second-order valence-corrected chi connectivity index (χ2v) is 8.94. The minimum Gasteiger partial charge on any atom is -0.396 e. The maximum absolute atomic E-state index is 11.0. The third-order valence-electron chi connectivity index (χ3n) is 5.60. The molecule has 0 aromatic carbocycles. The van der Waals surface area contributed by atoms with E-state index in [0.717, 1.165) is 0 Å². The highest BCUT2D eigenvalue weighted by atomic mass is 16.5. The van der Waals surface area contributed by atoms with Crippen molar-refractivity contribution in [3.63, 3.8) is 0 Å². The van der Waals surface area contributed by atoms with Crippen LogP contribution in [0.15, 0.2) is 6.20 Å². The molecule has 1 rings (SSSR count). The van der Waals surface area contributed by atoms with Crippen LogP contribution in [0, 0.1) is 17.8 Å². The van der Waals surface area contributed by atoms with Crippen molar-refractivity contribution < 1.29 is 49.6 Å². The van der Waals surface area contributed by atoms with Crippen LogP contribution in [0.5, 0.6) is 0 Å². The monoisotopic (exact) mass is 522 g/mol. The summed E-state index contributed by atoms with van der Waals surface area (Å²) in [5.41, 5.74) is 4.69. The molecule has 0 saturated carbocycles. The standard InChI is InChI=1S/C22H42N4O10/c23-21(33)3-1-2-20-4-26(25-24-20)22(14-34-11-17(5-27)6-28,15-35-12-18(7-29)8-30)16-36-13-19(9-31)10-32/h4,17-19,27-32H,1-3,5-16H2,(H2,23,33). The third kappa shape index (κ3) is 11.5. The van der Waals surface area contributed by atoms with E-state index in [-0.39, 0.29) is 85.7 Å². The lowest BCUT2D eigenvalue weighted by atomic mass is 10.0. The number of hydrogen-bond acceptors (Lipinski definition) is 12. The van der Waals surface area contributed by atoms with E-state index in [1.807, 2.05) is 0 Å². The van der Waals surface area contributed by atoms with Crippen molar-refractivity contribution >= 4 is 5.91 Å². The Morgan fingerprint density at radius 2 is 1.25 bits per heavy atom. The molecule has 1 aromatic heterocycles. The van der Waals surface area contributed by atoms with Gasteiger partial charge in [-0.15, -0.1) is 5.10 Å². The van der Waals surface area contributed by atoms with E-state index in [4.69, 9.17) is 19.9 Å². The Morgan fingerprint density at radius 3 is 1.61 bits per heavy atom. The van der Waals surface area contributed by atoms with Gasteiger partial charge in [0.2, 0.25) is 5.91 Å². The molecule has 0 radical (unpaired) electrons. The van der Waals surface area contributed by atoms with Crippen molar-refractivity contribution in [2.45, 2.75) is 24.8 Å². The van der Waals surface area contributed by atoms with Crippen molar-refractivity contribution in [2.75, 3.05) is 79.3 Å². The van der Waals surface area contributed by atoms with Gasteiger partial charge in [0.25, 0.3) is 0 Å². The quantitative estimate of drug-likeness (QED) is 0.0748. The number of carbonyl (C=O) groups excluding carboxylic acids is 1. The van der Waals surface area contributed by atoms with E-state index in [2.05, 4.69) is 10.3 Å². The molecule has 14 heteroatoms. The number of hydrogen-bond donors (Lipinski definition) is 7. The zero-order valence-electron chi connectivity index (χ0n) is 20.7. The molecule has 0 aliphatic heterocycles. The minimum atomic E-state index is -1.10. The van der Waals surface area contributed by atoms with Crippen LogP contribution >= 0.6 is 0 Å². The number of aliphatic hydroxyl groups is 6. The van der Waals surface area contributed by atoms with Gasteiger partial charge in [0, 0.05) is 30.4 Å². The van der Waals surface area contributed by atoms with Crippen molar-refractivity contribution in [1.82, 2.24) is 15.0 Å². The lowest BCUT2D eigenvalue weighted by Crippen LogP contribution is -2.49. The fourth-order valence-corrected chi connectivity index (χ4v) is 3.15. The molecule has 1 aromatic rings. The maximum atomic E-state index is 11.0. The van der Waals surface area contributed by atoms with Crippen LogP contribution in [-0.2, 0) is 31.0 Å². The molecular formula is C22H42N4O10. The summed E-state index contributed by atoms with van der Waals surface area (Å²) >= 11 is 0. The predicted octanol–water partition coefficient (Wildman–Crippen LogP) is -3.37. The van der Waals surface area contributed by atoms with Crippen LogP contribution in [0.1, 0.15) is 18.5 Å². The Hall–Kier alpha value is -1.75. The molecule has 0 fully saturated rings. The van der Waals surface area contributed by atoms with Crippen LogP contribution in [0.4, 0.5) is 0 Å². The van der Waals surface area contributed by atoms with Gasteiger partial charge in [-0.3, -0.25) is 4.79 Å². The van der Waals surface area contributed by atoms with Crippen molar-refractivity contribution in [1.29, 1.82) is 0 Å². The van der Waals surface area contributed by atoms with Gasteiger partial charge in [0.05, 0.1) is 85.0 Å². The second-order valence-electron chi connectivity index (χ2n) is 8.94. The Kier molecular flexibility index (Phi) is 16.6. The van der Waals surface area contributed by atoms with Gasteiger partial charge in [0.1, 0.15) is 5.54 Å². The summed E-state index contributed by atoms with van der Waals surface area (Å²) in [5, 5.41) is 64.6. The molecule has 36 heavy (non-hydrogen) atoms. The number of nitrogens with zero attached hydrogens (tertiary/aromatic N) is 3. The van der Waals surface area contributed by atoms with Crippen LogP contribution in [0.2, 0.25) is 0 Å². The number of aromatic nitrogens is 3. The average molecular weight is 523 g/mol. The molecular weight excluding hydrogens is 480 g/mol. The van der Waals surface area contributed by atoms with Crippen LogP contribution in [-0.4, -0.2) is 131 Å². The Bertz CT molecular complexity index is 651. The second kappa shape index (κ2) is 18.5. The van der Waals surface area contributed by atoms with Gasteiger partial charge in [-0.1, -0.05) is 5.21 Å². The highest BCUT2D eigenvalue weighted by Crippen LogP contribution is 2.21. The Labute approximate surface area is 210 Å². The summed E-state index contributed by atoms with van der Waals surface area (Å²) in [5.74, 6) is -1.90. The molecule has 1 heterocycles. The molecule has 0 atom stereocenters. The summed E-state index contributed by atoms with van der Waals surface area (Å²) in [4.78, 5) is 11.0. The summed E-state index contributed by atoms with van der Waals surface area (Å²) in [6.07, 6.45) is 2.80. The first-order valence-electron chi connectivity index (χ1n) is 12.0. The highest BCUT2D eigenvalue weighted by molar-refractivity contribution is 5.73. The van der Waals surface area contributed by atoms with Gasteiger partial charge in [-0.05, 0) is 12.8 Å². The van der Waals surface area contributed by atoms with Crippen molar-refractivity contribution in [3.05, 3.63) is 11.9 Å². The first-order valence-corrected chi connectivity index (χ1v) is 12.0. The Balaban J connectivity index is 3.14. The molecule has 1 amide bonds. The maximum Gasteiger partial charge on any atom is 0.217 e. The number of rotatable bonds is 23. The van der Waals surface area contributed by atoms with Gasteiger partial charge in [-0.2, -0.15) is 0 Å². The van der Waals surface area contributed by atoms with E-state index < -0.39 is 29.2 Å². The fourth-order valence-electron chi connectivity index (χ4n) is 3.15. The smallest absolute Gasteiger partial charge is 0.217 e. The normalized spacial score (nSPS) is 12.4. The summed E-state index contributed by atoms with van der Waals surface area (Å²) in [7, 11) is 0. The first-order chi connectivity index (χ1) is 17.4. The molecule has 8 N–H and O–H groups in total. The fraction of sp³-hybridized carbons (Fsp3) is 0.864. The summed E-state index contributed by atoms with van der Waals surface area (Å²) in [6.45, 7) is -1.58. The van der Waals surface area contributed by atoms with Crippen molar-refractivity contribution in [2.24, 2.45) is 23.5 Å². The molecule has 0 aliphatic carbocycles. The molecule has 14 nitrogen and oxygen atoms in total. The average Bonchev–Trinajstić information content (AvgIpc) is 3.36. The summed E-state index contributed by atoms with van der Waals surface area (Å²) < 4.78 is 19.0. The van der Waals surface area contributed by atoms with Crippen molar-refractivity contribution in [3.8, 4) is 0 Å². The van der Waals surface area contributed by atoms with E-state index in [9.17, 15) is 35.4 Å². The molecule has 210 valence electrons. The molecule has 0 spiro atoms. The molecule has 0 bridgehead atoms. The van der Waals surface area contributed by atoms with Gasteiger partial charge in [0.15, 0.2) is 0 Å². The highest BCUT2D eigenvalue weighted by Gasteiger charge is 2.36. The van der Waals surface area contributed by atoms with Gasteiger partial charge in [-0.25, -0.2) is 4.68 Å². The number of primary amides is 1. The van der Waals surface area contributed by atoms with Crippen LogP contribution < -0.4 is 5.73 Å². The SMILES string of the molecule is NC(=O)CCCc1cn(C(COCC(CO)CO)(COCC(CO)CO)COCC(CO)CO)nn1. The number of ether oxygens (including phenoxy) is 3. The molecule has 0 aliphatic rings. The number of carbonyl (C=O) groups is 1. The zero-order chi connectivity index (χ0) is 26.8. The van der Waals surface area contributed by atoms with Crippen LogP contribution in [0.3, 0.4) is 0 Å². The van der Waals surface area contributed by atoms with E-state index in [0.29, 0.717) is 18.5 Å². The minimum absolute atomic E-state index is 0.0284. The largest absolute Gasteiger partial charge is 0.396 e.